The summed E-state index contributed by atoms with van der Waals surface area (Å²) in [5, 5.41) is 0. The lowest BCUT2D eigenvalue weighted by Crippen LogP contribution is -2.06. The number of fused-ring (bicyclic) bond motifs is 1. The molecule has 1 nitrogen and oxygen atoms in total. The van der Waals surface area contributed by atoms with Gasteiger partial charge in [-0.2, -0.15) is 0 Å². The van der Waals surface area contributed by atoms with E-state index < -0.39 is 0 Å². The average molecular weight is 166 g/mol. The standard InChI is InChI=1S/C9H12NS/c1-2-7-4-3-5-8-9(7)11-6-10-8/h7H,2-5H2,1H3. The molecule has 1 aromatic rings. The summed E-state index contributed by atoms with van der Waals surface area (Å²) in [7, 11) is 0. The molecule has 2 heteroatoms. The van der Waals surface area contributed by atoms with Gasteiger partial charge in [0.15, 0.2) is 5.51 Å². The summed E-state index contributed by atoms with van der Waals surface area (Å²) >= 11 is 1.72. The second kappa shape index (κ2) is 2.94. The molecule has 0 spiro atoms. The first-order valence-corrected chi connectivity index (χ1v) is 5.09. The highest BCUT2D eigenvalue weighted by atomic mass is 32.1. The lowest BCUT2D eigenvalue weighted by Gasteiger charge is -2.18. The molecule has 0 saturated carbocycles. The van der Waals surface area contributed by atoms with E-state index in [1.807, 2.05) is 0 Å². The highest BCUT2D eigenvalue weighted by molar-refractivity contribution is 7.09. The van der Waals surface area contributed by atoms with Crippen LogP contribution in [0.3, 0.4) is 0 Å². The van der Waals surface area contributed by atoms with Crippen molar-refractivity contribution in [3.8, 4) is 0 Å². The molecule has 1 radical (unpaired) electrons. The number of aryl methyl sites for hydroxylation is 1. The monoisotopic (exact) mass is 166 g/mol. The van der Waals surface area contributed by atoms with Gasteiger partial charge in [0, 0.05) is 4.88 Å². The Bertz CT molecular complexity index is 241. The molecule has 1 aromatic heterocycles. The van der Waals surface area contributed by atoms with Crippen LogP contribution < -0.4 is 0 Å². The topological polar surface area (TPSA) is 12.9 Å². The van der Waals surface area contributed by atoms with Crippen molar-refractivity contribution in [2.24, 2.45) is 0 Å². The maximum Gasteiger partial charge on any atom is 0.152 e. The van der Waals surface area contributed by atoms with Crippen LogP contribution in [0.15, 0.2) is 0 Å². The van der Waals surface area contributed by atoms with Gasteiger partial charge >= 0.3 is 0 Å². The molecule has 0 fully saturated rings. The average Bonchev–Trinajstić information content (AvgIpc) is 2.50. The van der Waals surface area contributed by atoms with E-state index in [1.165, 1.54) is 36.3 Å². The molecule has 1 unspecified atom stereocenters. The first-order chi connectivity index (χ1) is 5.42. The Labute approximate surface area is 71.5 Å². The minimum absolute atomic E-state index is 0.794. The van der Waals surface area contributed by atoms with Crippen LogP contribution >= 0.6 is 11.3 Å². The van der Waals surface area contributed by atoms with Gasteiger partial charge in [0.25, 0.3) is 0 Å². The molecule has 0 saturated heterocycles. The summed E-state index contributed by atoms with van der Waals surface area (Å²) in [6.07, 6.45) is 5.14. The summed E-state index contributed by atoms with van der Waals surface area (Å²) in [6.45, 7) is 2.26. The summed E-state index contributed by atoms with van der Waals surface area (Å²) in [6, 6.07) is 0. The molecule has 0 N–H and O–H groups in total. The van der Waals surface area contributed by atoms with Gasteiger partial charge in [-0.15, -0.1) is 11.3 Å². The van der Waals surface area contributed by atoms with E-state index in [1.54, 1.807) is 11.3 Å². The van der Waals surface area contributed by atoms with Gasteiger partial charge in [-0.1, -0.05) is 6.92 Å². The summed E-state index contributed by atoms with van der Waals surface area (Å²) < 4.78 is 0. The van der Waals surface area contributed by atoms with Crippen molar-refractivity contribution in [3.63, 3.8) is 0 Å². The molecule has 11 heavy (non-hydrogen) atoms. The molecule has 1 atom stereocenters. The van der Waals surface area contributed by atoms with Crippen molar-refractivity contribution in [1.29, 1.82) is 0 Å². The Balaban J connectivity index is 2.32. The van der Waals surface area contributed by atoms with Gasteiger partial charge in [0.1, 0.15) is 0 Å². The number of rotatable bonds is 1. The highest BCUT2D eigenvalue weighted by Gasteiger charge is 2.20. The second-order valence-electron chi connectivity index (χ2n) is 3.11. The van der Waals surface area contributed by atoms with Crippen LogP contribution in [0.4, 0.5) is 0 Å². The number of hydrogen-bond acceptors (Lipinski definition) is 2. The maximum atomic E-state index is 4.25. The number of aromatic nitrogens is 1. The van der Waals surface area contributed by atoms with Crippen LogP contribution in [0.1, 0.15) is 42.7 Å². The second-order valence-corrected chi connectivity index (χ2v) is 3.94. The van der Waals surface area contributed by atoms with Crippen LogP contribution in [0, 0.1) is 5.51 Å². The number of thiazole rings is 1. The van der Waals surface area contributed by atoms with E-state index in [2.05, 4.69) is 17.4 Å². The first kappa shape index (κ1) is 7.29. The quantitative estimate of drug-likeness (QED) is 0.625. The normalized spacial score (nSPS) is 23.2. The third kappa shape index (κ3) is 1.20. The molecule has 1 heterocycles. The predicted octanol–water partition coefficient (Wildman–Crippen LogP) is 2.77. The van der Waals surface area contributed by atoms with Crippen molar-refractivity contribution in [2.45, 2.75) is 38.5 Å². The van der Waals surface area contributed by atoms with E-state index in [-0.39, 0.29) is 0 Å². The molecule has 0 bridgehead atoms. The van der Waals surface area contributed by atoms with Gasteiger partial charge in [-0.25, -0.2) is 4.98 Å². The molecule has 1 aliphatic rings. The summed E-state index contributed by atoms with van der Waals surface area (Å²) in [5.41, 5.74) is 4.32. The van der Waals surface area contributed by atoms with E-state index >= 15 is 0 Å². The van der Waals surface area contributed by atoms with Gasteiger partial charge < -0.3 is 0 Å². The van der Waals surface area contributed by atoms with Crippen LogP contribution in [0.5, 0.6) is 0 Å². The van der Waals surface area contributed by atoms with E-state index in [0.29, 0.717) is 0 Å². The molecule has 59 valence electrons. The Morgan fingerprint density at radius 3 is 3.45 bits per heavy atom. The van der Waals surface area contributed by atoms with Crippen molar-refractivity contribution in [3.05, 3.63) is 16.1 Å². The number of nitrogens with zero attached hydrogens (tertiary/aromatic N) is 1. The van der Waals surface area contributed by atoms with Crippen LogP contribution in [-0.4, -0.2) is 4.98 Å². The van der Waals surface area contributed by atoms with Crippen LogP contribution in [0.25, 0.3) is 0 Å². The smallest absolute Gasteiger partial charge is 0.152 e. The zero-order chi connectivity index (χ0) is 7.68. The van der Waals surface area contributed by atoms with Crippen molar-refractivity contribution < 1.29 is 0 Å². The van der Waals surface area contributed by atoms with Gasteiger partial charge in [-0.3, -0.25) is 0 Å². The molecule has 2 rings (SSSR count). The molecule has 0 aliphatic heterocycles. The fourth-order valence-corrected chi connectivity index (χ4v) is 2.75. The lowest BCUT2D eigenvalue weighted by atomic mass is 9.90. The Morgan fingerprint density at radius 1 is 1.73 bits per heavy atom. The van der Waals surface area contributed by atoms with Crippen LogP contribution in [-0.2, 0) is 6.42 Å². The van der Waals surface area contributed by atoms with E-state index in [4.69, 9.17) is 0 Å². The first-order valence-electron chi connectivity index (χ1n) is 4.27. The summed E-state index contributed by atoms with van der Waals surface area (Å²) in [5.74, 6) is 0.794. The highest BCUT2D eigenvalue weighted by Crippen LogP contribution is 2.35. The Morgan fingerprint density at radius 2 is 2.64 bits per heavy atom. The minimum Gasteiger partial charge on any atom is -0.238 e. The molecule has 0 aromatic carbocycles. The zero-order valence-corrected chi connectivity index (χ0v) is 7.58. The summed E-state index contributed by atoms with van der Waals surface area (Å²) in [4.78, 5) is 5.76. The minimum atomic E-state index is 0.794. The van der Waals surface area contributed by atoms with E-state index in [0.717, 1.165) is 5.92 Å². The van der Waals surface area contributed by atoms with Gasteiger partial charge in [-0.05, 0) is 31.6 Å². The fraction of sp³-hybridized carbons (Fsp3) is 0.667. The molecule has 0 amide bonds. The third-order valence-electron chi connectivity index (χ3n) is 2.45. The Kier molecular flexibility index (Phi) is 1.95. The molecular formula is C9H12NS. The largest absolute Gasteiger partial charge is 0.238 e. The third-order valence-corrected chi connectivity index (χ3v) is 3.42. The zero-order valence-electron chi connectivity index (χ0n) is 6.76. The fourth-order valence-electron chi connectivity index (χ4n) is 1.78. The van der Waals surface area contributed by atoms with Crippen molar-refractivity contribution in [2.75, 3.05) is 0 Å². The predicted molar refractivity (Wildman–Crippen MR) is 46.9 cm³/mol. The van der Waals surface area contributed by atoms with E-state index in [9.17, 15) is 0 Å². The van der Waals surface area contributed by atoms with Crippen molar-refractivity contribution in [1.82, 2.24) is 4.98 Å². The Hall–Kier alpha value is -0.370. The molecular weight excluding hydrogens is 154 g/mol. The number of hydrogen-bond donors (Lipinski definition) is 0. The van der Waals surface area contributed by atoms with Crippen molar-refractivity contribution >= 4 is 11.3 Å². The SMILES string of the molecule is CCC1CCCc2n[c]sc21. The van der Waals surface area contributed by atoms with Gasteiger partial charge in [0.05, 0.1) is 5.69 Å². The lowest BCUT2D eigenvalue weighted by molar-refractivity contribution is 0.543. The molecule has 1 aliphatic carbocycles. The van der Waals surface area contributed by atoms with Gasteiger partial charge in [0.2, 0.25) is 0 Å². The van der Waals surface area contributed by atoms with Crippen LogP contribution in [0.2, 0.25) is 0 Å². The maximum absolute atomic E-state index is 4.25.